The van der Waals surface area contributed by atoms with Crippen molar-refractivity contribution in [1.29, 1.82) is 0 Å². The van der Waals surface area contributed by atoms with Gasteiger partial charge < -0.3 is 5.32 Å². The van der Waals surface area contributed by atoms with Crippen molar-refractivity contribution in [2.75, 3.05) is 19.6 Å². The zero-order valence-corrected chi connectivity index (χ0v) is 17.2. The molecule has 1 aliphatic heterocycles. The summed E-state index contributed by atoms with van der Waals surface area (Å²) in [5.74, 6) is -0.0954. The number of rotatable bonds is 6. The Morgan fingerprint density at radius 1 is 1.17 bits per heavy atom. The normalized spacial score (nSPS) is 17.5. The molecule has 1 fully saturated rings. The number of benzene rings is 1. The van der Waals surface area contributed by atoms with Crippen molar-refractivity contribution in [3.63, 3.8) is 0 Å². The fourth-order valence-electron chi connectivity index (χ4n) is 3.76. The molecule has 2 aromatic heterocycles. The molecule has 152 valence electrons. The van der Waals surface area contributed by atoms with Gasteiger partial charge in [-0.3, -0.25) is 14.5 Å². The van der Waals surface area contributed by atoms with Crippen LogP contribution in [0.15, 0.2) is 35.1 Å². The van der Waals surface area contributed by atoms with E-state index in [0.29, 0.717) is 18.7 Å². The third kappa shape index (κ3) is 4.68. The molecule has 1 aliphatic rings. The third-order valence-corrected chi connectivity index (χ3v) is 5.92. The number of amides is 1. The fourth-order valence-corrected chi connectivity index (χ4v) is 4.27. The Bertz CT molecular complexity index is 1060. The molecule has 1 unspecified atom stereocenters. The lowest BCUT2D eigenvalue weighted by Crippen LogP contribution is -2.48. The van der Waals surface area contributed by atoms with E-state index in [1.807, 2.05) is 13.0 Å². The molecule has 0 bridgehead atoms. The number of piperidine rings is 1. The van der Waals surface area contributed by atoms with Gasteiger partial charge in [0.25, 0.3) is 11.5 Å². The Hall–Kier alpha value is -2.65. The van der Waals surface area contributed by atoms with Gasteiger partial charge in [-0.05, 0) is 50.6 Å². The molecule has 4 rings (SSSR count). The third-order valence-electron chi connectivity index (χ3n) is 5.36. The van der Waals surface area contributed by atoms with E-state index in [0.717, 1.165) is 60.8 Å². The largest absolute Gasteiger partial charge is 0.350 e. The second-order valence-corrected chi connectivity index (χ2v) is 7.93. The van der Waals surface area contributed by atoms with Crippen LogP contribution < -0.4 is 10.9 Å². The average Bonchev–Trinajstić information content (AvgIpc) is 3.21. The molecule has 1 atom stereocenters. The predicted octanol–water partition coefficient (Wildman–Crippen LogP) is 1.84. The zero-order chi connectivity index (χ0) is 20.2. The Labute approximate surface area is 172 Å². The quantitative estimate of drug-likeness (QED) is 0.664. The maximum atomic E-state index is 12.6. The van der Waals surface area contributed by atoms with E-state index in [9.17, 15) is 9.59 Å². The van der Waals surface area contributed by atoms with Crippen LogP contribution in [0.25, 0.3) is 11.0 Å². The number of likely N-dealkylation sites (tertiary alicyclic amines) is 1. The minimum atomic E-state index is -0.0954. The van der Waals surface area contributed by atoms with Crippen molar-refractivity contribution in [2.24, 2.45) is 0 Å². The van der Waals surface area contributed by atoms with Crippen LogP contribution in [0.4, 0.5) is 0 Å². The van der Waals surface area contributed by atoms with Gasteiger partial charge in [-0.25, -0.2) is 4.68 Å². The molecular weight excluding hydrogens is 388 g/mol. The van der Waals surface area contributed by atoms with Crippen molar-refractivity contribution < 1.29 is 4.79 Å². The second kappa shape index (κ2) is 8.79. The standard InChI is InChI=1S/C20H24N6O2S/c1-14-5-8-19(27)26(22-14)11-10-25-9-3-2-4-16(25)13-21-20(28)15-6-7-17-18(12-15)24-29-23-17/h5-8,12,16H,2-4,9-11,13H2,1H3,(H,21,28). The van der Waals surface area contributed by atoms with Crippen molar-refractivity contribution in [2.45, 2.75) is 38.8 Å². The van der Waals surface area contributed by atoms with Crippen LogP contribution in [0, 0.1) is 6.92 Å². The molecular formula is C20H24N6O2S. The summed E-state index contributed by atoms with van der Waals surface area (Å²) in [5.41, 5.74) is 2.91. The van der Waals surface area contributed by atoms with E-state index in [1.54, 1.807) is 24.3 Å². The molecule has 0 aliphatic carbocycles. The Morgan fingerprint density at radius 3 is 2.93 bits per heavy atom. The minimum absolute atomic E-state index is 0.0793. The predicted molar refractivity (Wildman–Crippen MR) is 112 cm³/mol. The molecule has 1 N–H and O–H groups in total. The molecule has 3 aromatic rings. The van der Waals surface area contributed by atoms with Crippen molar-refractivity contribution in [3.05, 3.63) is 51.9 Å². The van der Waals surface area contributed by atoms with Crippen LogP contribution in [0.3, 0.4) is 0 Å². The van der Waals surface area contributed by atoms with E-state index in [1.165, 1.54) is 4.68 Å². The summed E-state index contributed by atoms with van der Waals surface area (Å²) in [6.07, 6.45) is 3.32. The zero-order valence-electron chi connectivity index (χ0n) is 16.4. The van der Waals surface area contributed by atoms with Gasteiger partial charge in [0.2, 0.25) is 0 Å². The van der Waals surface area contributed by atoms with E-state index in [-0.39, 0.29) is 17.5 Å². The summed E-state index contributed by atoms with van der Waals surface area (Å²) >= 11 is 1.15. The number of nitrogens with zero attached hydrogens (tertiary/aromatic N) is 5. The molecule has 29 heavy (non-hydrogen) atoms. The van der Waals surface area contributed by atoms with Gasteiger partial charge in [0.15, 0.2) is 0 Å². The lowest BCUT2D eigenvalue weighted by atomic mass is 10.0. The highest BCUT2D eigenvalue weighted by molar-refractivity contribution is 7.00. The lowest BCUT2D eigenvalue weighted by Gasteiger charge is -2.35. The van der Waals surface area contributed by atoms with Crippen LogP contribution in [-0.2, 0) is 6.54 Å². The summed E-state index contributed by atoms with van der Waals surface area (Å²) in [6, 6.07) is 8.95. The van der Waals surface area contributed by atoms with Gasteiger partial charge in [0, 0.05) is 30.8 Å². The number of aryl methyl sites for hydroxylation is 1. The highest BCUT2D eigenvalue weighted by atomic mass is 32.1. The maximum Gasteiger partial charge on any atom is 0.266 e. The van der Waals surface area contributed by atoms with Crippen molar-refractivity contribution >= 4 is 28.7 Å². The fraction of sp³-hybridized carbons (Fsp3) is 0.450. The number of hydrogen-bond donors (Lipinski definition) is 1. The van der Waals surface area contributed by atoms with Gasteiger partial charge in [-0.2, -0.15) is 13.8 Å². The molecule has 1 saturated heterocycles. The van der Waals surface area contributed by atoms with Crippen LogP contribution in [0.1, 0.15) is 35.3 Å². The summed E-state index contributed by atoms with van der Waals surface area (Å²) < 4.78 is 9.89. The van der Waals surface area contributed by atoms with Crippen LogP contribution >= 0.6 is 11.7 Å². The number of fused-ring (bicyclic) bond motifs is 1. The Balaban J connectivity index is 1.36. The molecule has 0 radical (unpaired) electrons. The van der Waals surface area contributed by atoms with E-state index < -0.39 is 0 Å². The second-order valence-electron chi connectivity index (χ2n) is 7.40. The monoisotopic (exact) mass is 412 g/mol. The SMILES string of the molecule is Cc1ccc(=O)n(CCN2CCCCC2CNC(=O)c2ccc3nsnc3c2)n1. The van der Waals surface area contributed by atoms with Gasteiger partial charge in [0.05, 0.1) is 24.0 Å². The molecule has 9 heteroatoms. The first-order valence-electron chi connectivity index (χ1n) is 9.89. The Morgan fingerprint density at radius 2 is 2.03 bits per heavy atom. The molecule has 3 heterocycles. The first-order chi connectivity index (χ1) is 14.1. The first kappa shape index (κ1) is 19.7. The number of hydrogen-bond acceptors (Lipinski definition) is 7. The van der Waals surface area contributed by atoms with Gasteiger partial charge >= 0.3 is 0 Å². The van der Waals surface area contributed by atoms with Crippen LogP contribution in [0.2, 0.25) is 0 Å². The molecule has 1 amide bonds. The molecule has 0 saturated carbocycles. The van der Waals surface area contributed by atoms with Gasteiger partial charge in [-0.1, -0.05) is 6.42 Å². The van der Waals surface area contributed by atoms with E-state index in [2.05, 4.69) is 24.1 Å². The van der Waals surface area contributed by atoms with Crippen LogP contribution in [-0.4, -0.2) is 55.0 Å². The van der Waals surface area contributed by atoms with E-state index in [4.69, 9.17) is 0 Å². The number of carbonyl (C=O) groups is 1. The smallest absolute Gasteiger partial charge is 0.266 e. The molecule has 8 nitrogen and oxygen atoms in total. The average molecular weight is 413 g/mol. The number of aromatic nitrogens is 4. The van der Waals surface area contributed by atoms with Gasteiger partial charge in [-0.15, -0.1) is 0 Å². The topological polar surface area (TPSA) is 93.0 Å². The van der Waals surface area contributed by atoms with Crippen molar-refractivity contribution in [3.8, 4) is 0 Å². The van der Waals surface area contributed by atoms with Crippen LogP contribution in [0.5, 0.6) is 0 Å². The summed E-state index contributed by atoms with van der Waals surface area (Å²) in [7, 11) is 0. The Kier molecular flexibility index (Phi) is 5.96. The highest BCUT2D eigenvalue weighted by Gasteiger charge is 2.23. The number of nitrogens with one attached hydrogen (secondary N) is 1. The molecule has 0 spiro atoms. The van der Waals surface area contributed by atoms with Crippen molar-refractivity contribution in [1.82, 2.24) is 28.7 Å². The number of carbonyl (C=O) groups excluding carboxylic acids is 1. The van der Waals surface area contributed by atoms with E-state index >= 15 is 0 Å². The lowest BCUT2D eigenvalue weighted by molar-refractivity contribution is 0.0909. The summed E-state index contributed by atoms with van der Waals surface area (Å²) in [5, 5.41) is 7.38. The van der Waals surface area contributed by atoms with Gasteiger partial charge in [0.1, 0.15) is 11.0 Å². The summed E-state index contributed by atoms with van der Waals surface area (Å²) in [6.45, 7) is 4.74. The maximum absolute atomic E-state index is 12.6. The first-order valence-corrected chi connectivity index (χ1v) is 10.6. The molecule has 1 aromatic carbocycles. The summed E-state index contributed by atoms with van der Waals surface area (Å²) in [4.78, 5) is 26.9. The highest BCUT2D eigenvalue weighted by Crippen LogP contribution is 2.17. The minimum Gasteiger partial charge on any atom is -0.350 e.